The number of benzene rings is 1. The molecule has 0 saturated heterocycles. The van der Waals surface area contributed by atoms with E-state index in [2.05, 4.69) is 0 Å². The lowest BCUT2D eigenvalue weighted by Crippen LogP contribution is -1.68. The van der Waals surface area contributed by atoms with Crippen molar-refractivity contribution in [3.05, 3.63) is 42.0 Å². The third-order valence-corrected chi connectivity index (χ3v) is 1.20. The van der Waals surface area contributed by atoms with Gasteiger partial charge in [0.25, 0.3) is 0 Å². The maximum atomic E-state index is 11.6. The van der Waals surface area contributed by atoms with Gasteiger partial charge in [-0.25, -0.2) is 4.39 Å². The summed E-state index contributed by atoms with van der Waals surface area (Å²) in [5.41, 5.74) is 1.04. The molecule has 0 aliphatic heterocycles. The zero-order valence-corrected chi connectivity index (χ0v) is 5.63. The first-order valence-corrected chi connectivity index (χ1v) is 3.21. The molecule has 0 fully saturated rings. The Labute approximate surface area is 60.0 Å². The molecule has 0 amide bonds. The molecular formula is C9H9F. The number of hydrogen-bond acceptors (Lipinski definition) is 0. The van der Waals surface area contributed by atoms with E-state index >= 15 is 0 Å². The quantitative estimate of drug-likeness (QED) is 0.586. The average molecular weight is 136 g/mol. The minimum atomic E-state index is -0.394. The highest BCUT2D eigenvalue weighted by molar-refractivity contribution is 5.48. The van der Waals surface area contributed by atoms with Crippen molar-refractivity contribution < 1.29 is 4.39 Å². The van der Waals surface area contributed by atoms with E-state index in [1.54, 1.807) is 6.08 Å². The molecule has 0 radical (unpaired) electrons. The number of hydrogen-bond donors (Lipinski definition) is 0. The van der Waals surface area contributed by atoms with Crippen LogP contribution < -0.4 is 0 Å². The van der Waals surface area contributed by atoms with E-state index in [0.717, 1.165) is 5.56 Å². The van der Waals surface area contributed by atoms with Crippen LogP contribution in [0.4, 0.5) is 4.39 Å². The second-order valence-electron chi connectivity index (χ2n) is 1.97. The summed E-state index contributed by atoms with van der Waals surface area (Å²) in [6.07, 6.45) is 3.26. The van der Waals surface area contributed by atoms with Gasteiger partial charge < -0.3 is 0 Å². The van der Waals surface area contributed by atoms with E-state index in [-0.39, 0.29) is 0 Å². The molecule has 1 aromatic rings. The van der Waals surface area contributed by atoms with E-state index in [0.29, 0.717) is 0 Å². The molecule has 0 spiro atoms. The largest absolute Gasteiger partial charge is 0.247 e. The molecule has 1 heteroatoms. The molecular weight excluding hydrogens is 127 g/mol. The standard InChI is InChI=1S/C9H9F/c10-8-4-7-9-5-2-1-3-6-9/h1-7H,8H2. The summed E-state index contributed by atoms with van der Waals surface area (Å²) in [5, 5.41) is 0. The Hall–Kier alpha value is -1.11. The highest BCUT2D eigenvalue weighted by atomic mass is 19.1. The Kier molecular flexibility index (Phi) is 2.68. The molecule has 0 saturated carbocycles. The molecule has 0 heterocycles. The second-order valence-corrected chi connectivity index (χ2v) is 1.97. The van der Waals surface area contributed by atoms with Crippen LogP contribution in [0.1, 0.15) is 5.56 Å². The predicted molar refractivity (Wildman–Crippen MR) is 41.5 cm³/mol. The van der Waals surface area contributed by atoms with Crippen molar-refractivity contribution >= 4 is 6.08 Å². The fourth-order valence-electron chi connectivity index (χ4n) is 0.745. The summed E-state index contributed by atoms with van der Waals surface area (Å²) < 4.78 is 11.6. The van der Waals surface area contributed by atoms with Crippen LogP contribution in [0.5, 0.6) is 0 Å². The molecule has 0 atom stereocenters. The third kappa shape index (κ3) is 2.02. The zero-order valence-electron chi connectivity index (χ0n) is 5.63. The zero-order chi connectivity index (χ0) is 7.23. The van der Waals surface area contributed by atoms with Gasteiger partial charge in [-0.05, 0) is 5.56 Å². The van der Waals surface area contributed by atoms with E-state index < -0.39 is 6.67 Å². The monoisotopic (exact) mass is 136 g/mol. The van der Waals surface area contributed by atoms with Crippen LogP contribution in [0, 0.1) is 0 Å². The van der Waals surface area contributed by atoms with Gasteiger partial charge >= 0.3 is 0 Å². The Morgan fingerprint density at radius 1 is 1.20 bits per heavy atom. The Morgan fingerprint density at radius 3 is 2.50 bits per heavy atom. The fraction of sp³-hybridized carbons (Fsp3) is 0.111. The molecule has 0 N–H and O–H groups in total. The first kappa shape index (κ1) is 7.00. The second kappa shape index (κ2) is 3.83. The van der Waals surface area contributed by atoms with E-state index in [4.69, 9.17) is 0 Å². The molecule has 0 aliphatic rings. The van der Waals surface area contributed by atoms with Crippen molar-refractivity contribution in [3.8, 4) is 0 Å². The molecule has 0 unspecified atom stereocenters. The lowest BCUT2D eigenvalue weighted by Gasteiger charge is -1.87. The minimum absolute atomic E-state index is 0.394. The molecule has 10 heavy (non-hydrogen) atoms. The Balaban J connectivity index is 2.67. The molecule has 0 nitrogen and oxygen atoms in total. The molecule has 0 bridgehead atoms. The van der Waals surface area contributed by atoms with Crippen LogP contribution in [0.15, 0.2) is 36.4 Å². The van der Waals surface area contributed by atoms with Gasteiger partial charge in [0.05, 0.1) is 0 Å². The summed E-state index contributed by atoms with van der Waals surface area (Å²) in [6, 6.07) is 9.67. The number of rotatable bonds is 2. The maximum Gasteiger partial charge on any atom is 0.108 e. The number of halogens is 1. The third-order valence-electron chi connectivity index (χ3n) is 1.20. The number of allylic oxidation sites excluding steroid dienone is 1. The Morgan fingerprint density at radius 2 is 1.90 bits per heavy atom. The van der Waals surface area contributed by atoms with Gasteiger partial charge in [-0.3, -0.25) is 0 Å². The first-order valence-electron chi connectivity index (χ1n) is 3.21. The SMILES string of the molecule is FCC=Cc1ccccc1. The maximum absolute atomic E-state index is 11.6. The van der Waals surface area contributed by atoms with Crippen molar-refractivity contribution in [1.29, 1.82) is 0 Å². The topological polar surface area (TPSA) is 0 Å². The molecule has 52 valence electrons. The van der Waals surface area contributed by atoms with E-state index in [1.807, 2.05) is 30.3 Å². The summed E-state index contributed by atoms with van der Waals surface area (Å²) in [4.78, 5) is 0. The van der Waals surface area contributed by atoms with Gasteiger partial charge in [0.1, 0.15) is 6.67 Å². The van der Waals surface area contributed by atoms with Gasteiger partial charge in [-0.1, -0.05) is 42.5 Å². The van der Waals surface area contributed by atoms with Crippen LogP contribution in [-0.2, 0) is 0 Å². The summed E-state index contributed by atoms with van der Waals surface area (Å²) in [6.45, 7) is -0.394. The minimum Gasteiger partial charge on any atom is -0.247 e. The fourth-order valence-corrected chi connectivity index (χ4v) is 0.745. The van der Waals surface area contributed by atoms with E-state index in [1.165, 1.54) is 6.08 Å². The highest BCUT2D eigenvalue weighted by Gasteiger charge is 1.79. The lowest BCUT2D eigenvalue weighted by molar-refractivity contribution is 0.563. The van der Waals surface area contributed by atoms with Crippen molar-refractivity contribution in [3.63, 3.8) is 0 Å². The summed E-state index contributed by atoms with van der Waals surface area (Å²) in [7, 11) is 0. The van der Waals surface area contributed by atoms with Crippen molar-refractivity contribution in [2.24, 2.45) is 0 Å². The van der Waals surface area contributed by atoms with Crippen molar-refractivity contribution in [2.75, 3.05) is 6.67 Å². The van der Waals surface area contributed by atoms with Crippen molar-refractivity contribution in [2.45, 2.75) is 0 Å². The van der Waals surface area contributed by atoms with Crippen molar-refractivity contribution in [1.82, 2.24) is 0 Å². The normalized spacial score (nSPS) is 10.5. The van der Waals surface area contributed by atoms with Gasteiger partial charge in [-0.15, -0.1) is 0 Å². The highest BCUT2D eigenvalue weighted by Crippen LogP contribution is 1.99. The molecule has 0 aliphatic carbocycles. The van der Waals surface area contributed by atoms with Crippen LogP contribution in [0.25, 0.3) is 6.08 Å². The van der Waals surface area contributed by atoms with Crippen LogP contribution in [-0.4, -0.2) is 6.67 Å². The van der Waals surface area contributed by atoms with Gasteiger partial charge in [0.15, 0.2) is 0 Å². The Bertz CT molecular complexity index is 201. The smallest absolute Gasteiger partial charge is 0.108 e. The molecule has 1 aromatic carbocycles. The first-order chi connectivity index (χ1) is 4.93. The van der Waals surface area contributed by atoms with Gasteiger partial charge in [0.2, 0.25) is 0 Å². The van der Waals surface area contributed by atoms with Crippen LogP contribution in [0.3, 0.4) is 0 Å². The van der Waals surface area contributed by atoms with Gasteiger partial charge in [-0.2, -0.15) is 0 Å². The summed E-state index contributed by atoms with van der Waals surface area (Å²) in [5.74, 6) is 0. The van der Waals surface area contributed by atoms with Crippen LogP contribution in [0.2, 0.25) is 0 Å². The molecule has 0 aromatic heterocycles. The predicted octanol–water partition coefficient (Wildman–Crippen LogP) is 2.67. The van der Waals surface area contributed by atoms with Gasteiger partial charge in [0, 0.05) is 0 Å². The summed E-state index contributed by atoms with van der Waals surface area (Å²) >= 11 is 0. The molecule has 1 rings (SSSR count). The average Bonchev–Trinajstić information content (AvgIpc) is 2.03. The number of alkyl halides is 1. The van der Waals surface area contributed by atoms with E-state index in [9.17, 15) is 4.39 Å². The lowest BCUT2D eigenvalue weighted by atomic mass is 10.2. The van der Waals surface area contributed by atoms with Crippen LogP contribution >= 0.6 is 0 Å².